The quantitative estimate of drug-likeness (QED) is 0.754. The third kappa shape index (κ3) is 3.19. The zero-order valence-corrected chi connectivity index (χ0v) is 11.5. The van der Waals surface area contributed by atoms with Crippen molar-refractivity contribution in [1.82, 2.24) is 5.16 Å². The first-order valence-electron chi connectivity index (χ1n) is 5.94. The molecular weight excluding hydrogens is 278 g/mol. The van der Waals surface area contributed by atoms with Crippen LogP contribution in [0.3, 0.4) is 0 Å². The molecule has 17 heavy (non-hydrogen) atoms. The van der Waals surface area contributed by atoms with Gasteiger partial charge < -0.3 is 4.52 Å². The van der Waals surface area contributed by atoms with Gasteiger partial charge in [-0.2, -0.15) is 0 Å². The SMILES string of the molecule is CCCCc1ccc(-c2cc(CBr)no2)cc1. The van der Waals surface area contributed by atoms with Crippen LogP contribution < -0.4 is 0 Å². The number of nitrogens with zero attached hydrogens (tertiary/aromatic N) is 1. The van der Waals surface area contributed by atoms with Gasteiger partial charge in [0.1, 0.15) is 0 Å². The van der Waals surface area contributed by atoms with Gasteiger partial charge in [-0.25, -0.2) is 0 Å². The fourth-order valence-electron chi connectivity index (χ4n) is 1.73. The van der Waals surface area contributed by atoms with Crippen molar-refractivity contribution in [3.8, 4) is 11.3 Å². The highest BCUT2D eigenvalue weighted by molar-refractivity contribution is 9.08. The molecule has 0 atom stereocenters. The third-order valence-corrected chi connectivity index (χ3v) is 3.33. The van der Waals surface area contributed by atoms with Crippen LogP contribution in [-0.2, 0) is 11.8 Å². The van der Waals surface area contributed by atoms with E-state index in [1.807, 2.05) is 6.07 Å². The Labute approximate surface area is 110 Å². The molecule has 2 rings (SSSR count). The lowest BCUT2D eigenvalue weighted by Gasteiger charge is -2.00. The minimum absolute atomic E-state index is 0.727. The largest absolute Gasteiger partial charge is 0.356 e. The van der Waals surface area contributed by atoms with E-state index in [2.05, 4.69) is 52.3 Å². The molecule has 0 saturated carbocycles. The number of halogens is 1. The molecule has 1 heterocycles. The van der Waals surface area contributed by atoms with Gasteiger partial charge in [-0.3, -0.25) is 0 Å². The van der Waals surface area contributed by atoms with Gasteiger partial charge >= 0.3 is 0 Å². The predicted octanol–water partition coefficient (Wildman–Crippen LogP) is 4.58. The molecule has 1 aromatic carbocycles. The maximum absolute atomic E-state index is 5.28. The molecule has 1 aromatic heterocycles. The standard InChI is InChI=1S/C14H16BrNO/c1-2-3-4-11-5-7-12(8-6-11)14-9-13(10-15)16-17-14/h5-9H,2-4,10H2,1H3. The first kappa shape index (κ1) is 12.4. The van der Waals surface area contributed by atoms with Crippen LogP contribution in [0.25, 0.3) is 11.3 Å². The van der Waals surface area contributed by atoms with Crippen LogP contribution in [0.2, 0.25) is 0 Å². The first-order chi connectivity index (χ1) is 8.33. The molecule has 0 aliphatic heterocycles. The van der Waals surface area contributed by atoms with Gasteiger partial charge in [0, 0.05) is 17.0 Å². The number of unbranched alkanes of at least 4 members (excludes halogenated alkanes) is 1. The van der Waals surface area contributed by atoms with Gasteiger partial charge in [0.05, 0.1) is 5.69 Å². The van der Waals surface area contributed by atoms with Crippen molar-refractivity contribution in [2.45, 2.75) is 31.5 Å². The van der Waals surface area contributed by atoms with Gasteiger partial charge in [-0.05, 0) is 18.4 Å². The van der Waals surface area contributed by atoms with Crippen molar-refractivity contribution in [2.75, 3.05) is 0 Å². The average Bonchev–Trinajstić information content (AvgIpc) is 2.86. The third-order valence-electron chi connectivity index (χ3n) is 2.75. The van der Waals surface area contributed by atoms with Crippen molar-refractivity contribution in [1.29, 1.82) is 0 Å². The van der Waals surface area contributed by atoms with Crippen LogP contribution in [0.15, 0.2) is 34.9 Å². The molecule has 0 N–H and O–H groups in total. The normalized spacial score (nSPS) is 10.7. The van der Waals surface area contributed by atoms with E-state index >= 15 is 0 Å². The molecule has 90 valence electrons. The minimum atomic E-state index is 0.727. The summed E-state index contributed by atoms with van der Waals surface area (Å²) in [5.41, 5.74) is 3.40. The summed E-state index contributed by atoms with van der Waals surface area (Å²) in [6.45, 7) is 2.21. The summed E-state index contributed by atoms with van der Waals surface area (Å²) < 4.78 is 5.28. The zero-order valence-electron chi connectivity index (χ0n) is 9.95. The van der Waals surface area contributed by atoms with E-state index in [-0.39, 0.29) is 0 Å². The molecule has 2 aromatic rings. The van der Waals surface area contributed by atoms with Crippen LogP contribution in [0, 0.1) is 0 Å². The van der Waals surface area contributed by atoms with E-state index in [0.717, 1.165) is 28.8 Å². The fraction of sp³-hybridized carbons (Fsp3) is 0.357. The average molecular weight is 294 g/mol. The van der Waals surface area contributed by atoms with Crippen molar-refractivity contribution in [2.24, 2.45) is 0 Å². The summed E-state index contributed by atoms with van der Waals surface area (Å²) in [6.07, 6.45) is 3.63. The Bertz CT molecular complexity index is 461. The van der Waals surface area contributed by atoms with Crippen LogP contribution >= 0.6 is 15.9 Å². The number of hydrogen-bond donors (Lipinski definition) is 0. The zero-order chi connectivity index (χ0) is 12.1. The molecule has 0 amide bonds. The molecule has 0 radical (unpaired) electrons. The number of aromatic nitrogens is 1. The summed E-state index contributed by atoms with van der Waals surface area (Å²) >= 11 is 3.36. The fourth-order valence-corrected chi connectivity index (χ4v) is 1.99. The Morgan fingerprint density at radius 1 is 1.24 bits per heavy atom. The molecule has 2 nitrogen and oxygen atoms in total. The second kappa shape index (κ2) is 6.01. The number of hydrogen-bond acceptors (Lipinski definition) is 2. The molecule has 0 aliphatic rings. The Hall–Kier alpha value is -1.09. The van der Waals surface area contributed by atoms with E-state index in [0.29, 0.717) is 0 Å². The maximum atomic E-state index is 5.28. The summed E-state index contributed by atoms with van der Waals surface area (Å²) in [5.74, 6) is 0.835. The van der Waals surface area contributed by atoms with Gasteiger partial charge in [0.25, 0.3) is 0 Å². The highest BCUT2D eigenvalue weighted by Crippen LogP contribution is 2.22. The van der Waals surface area contributed by atoms with Crippen LogP contribution in [0.1, 0.15) is 31.0 Å². The van der Waals surface area contributed by atoms with Crippen LogP contribution in [0.5, 0.6) is 0 Å². The number of aryl methyl sites for hydroxylation is 1. The Balaban J connectivity index is 2.11. The van der Waals surface area contributed by atoms with Crippen molar-refractivity contribution in [3.63, 3.8) is 0 Å². The van der Waals surface area contributed by atoms with E-state index < -0.39 is 0 Å². The summed E-state index contributed by atoms with van der Waals surface area (Å²) in [6, 6.07) is 10.5. The molecule has 0 fully saturated rings. The number of benzene rings is 1. The molecule has 0 aliphatic carbocycles. The molecule has 3 heteroatoms. The van der Waals surface area contributed by atoms with E-state index in [4.69, 9.17) is 4.52 Å². The lowest BCUT2D eigenvalue weighted by Crippen LogP contribution is -1.84. The van der Waals surface area contributed by atoms with Crippen LogP contribution in [-0.4, -0.2) is 5.16 Å². The lowest BCUT2D eigenvalue weighted by atomic mass is 10.1. The van der Waals surface area contributed by atoms with Gasteiger partial charge in [0.2, 0.25) is 0 Å². The smallest absolute Gasteiger partial charge is 0.167 e. The Kier molecular flexibility index (Phi) is 4.37. The van der Waals surface area contributed by atoms with Crippen molar-refractivity contribution in [3.05, 3.63) is 41.6 Å². The molecule has 0 bridgehead atoms. The summed E-state index contributed by atoms with van der Waals surface area (Å²) in [5, 5.41) is 4.69. The number of rotatable bonds is 5. The first-order valence-corrected chi connectivity index (χ1v) is 7.06. The Morgan fingerprint density at radius 2 is 2.00 bits per heavy atom. The van der Waals surface area contributed by atoms with Crippen LogP contribution in [0.4, 0.5) is 0 Å². The second-order valence-corrected chi connectivity index (χ2v) is 4.68. The predicted molar refractivity (Wildman–Crippen MR) is 73.2 cm³/mol. The van der Waals surface area contributed by atoms with Gasteiger partial charge in [0.15, 0.2) is 5.76 Å². The Morgan fingerprint density at radius 3 is 2.59 bits per heavy atom. The summed E-state index contributed by atoms with van der Waals surface area (Å²) in [7, 11) is 0. The highest BCUT2D eigenvalue weighted by atomic mass is 79.9. The van der Waals surface area contributed by atoms with Gasteiger partial charge in [-0.15, -0.1) is 0 Å². The maximum Gasteiger partial charge on any atom is 0.167 e. The minimum Gasteiger partial charge on any atom is -0.356 e. The highest BCUT2D eigenvalue weighted by Gasteiger charge is 2.05. The van der Waals surface area contributed by atoms with E-state index in [1.54, 1.807) is 0 Å². The molecule has 0 unspecified atom stereocenters. The van der Waals surface area contributed by atoms with E-state index in [9.17, 15) is 0 Å². The molecule has 0 spiro atoms. The van der Waals surface area contributed by atoms with Gasteiger partial charge in [-0.1, -0.05) is 58.7 Å². The monoisotopic (exact) mass is 293 g/mol. The lowest BCUT2D eigenvalue weighted by molar-refractivity contribution is 0.426. The topological polar surface area (TPSA) is 26.0 Å². The van der Waals surface area contributed by atoms with Crippen molar-refractivity contribution >= 4 is 15.9 Å². The second-order valence-electron chi connectivity index (χ2n) is 4.12. The molecule has 0 saturated heterocycles. The molecular formula is C14H16BrNO. The number of alkyl halides is 1. The van der Waals surface area contributed by atoms with Crippen molar-refractivity contribution < 1.29 is 4.52 Å². The van der Waals surface area contributed by atoms with E-state index in [1.165, 1.54) is 18.4 Å². The summed E-state index contributed by atoms with van der Waals surface area (Å²) in [4.78, 5) is 0.